The molecule has 0 saturated carbocycles. The van der Waals surface area contributed by atoms with E-state index in [-0.39, 0.29) is 39.1 Å². The molecule has 260 valence electrons. The molecule has 2 amide bonds. The molecule has 13 nitrogen and oxygen atoms in total. The molecule has 0 unspecified atom stereocenters. The van der Waals surface area contributed by atoms with Crippen LogP contribution >= 0.6 is 11.3 Å². The van der Waals surface area contributed by atoms with Crippen LogP contribution in [0, 0.1) is 0 Å². The minimum atomic E-state index is -4.68. The maximum Gasteiger partial charge on any atom is 0.434 e. The van der Waals surface area contributed by atoms with Gasteiger partial charge in [-0.3, -0.25) is 20.0 Å². The predicted octanol–water partition coefficient (Wildman–Crippen LogP) is 4.41. The maximum absolute atomic E-state index is 13.6. The number of aromatic nitrogens is 4. The molecule has 2 aliphatic heterocycles. The molecule has 17 heteroatoms. The van der Waals surface area contributed by atoms with E-state index in [1.807, 2.05) is 4.57 Å². The molecule has 6 rings (SSSR count). The van der Waals surface area contributed by atoms with Crippen LogP contribution in [0.15, 0.2) is 40.9 Å². The molecule has 4 aromatic heterocycles. The third kappa shape index (κ3) is 7.74. The molecule has 2 fully saturated rings. The van der Waals surface area contributed by atoms with Gasteiger partial charge in [0.1, 0.15) is 16.4 Å². The van der Waals surface area contributed by atoms with Crippen LogP contribution in [0.1, 0.15) is 41.9 Å². The van der Waals surface area contributed by atoms with Gasteiger partial charge in [0, 0.05) is 74.2 Å². The number of hydrogen-bond acceptors (Lipinski definition) is 10. The summed E-state index contributed by atoms with van der Waals surface area (Å²) in [5.74, 6) is -1.31. The number of amides is 2. The van der Waals surface area contributed by atoms with Gasteiger partial charge in [0.2, 0.25) is 5.43 Å². The Morgan fingerprint density at radius 3 is 2.57 bits per heavy atom. The molecule has 0 aromatic carbocycles. The summed E-state index contributed by atoms with van der Waals surface area (Å²) in [6.07, 6.45) is 1.17. The van der Waals surface area contributed by atoms with E-state index in [1.165, 1.54) is 30.7 Å². The van der Waals surface area contributed by atoms with Gasteiger partial charge in [-0.2, -0.15) is 13.2 Å². The number of thiazole rings is 1. The Balaban J connectivity index is 1.39. The minimum absolute atomic E-state index is 0.0124. The molecule has 0 radical (unpaired) electrons. The maximum atomic E-state index is 13.6. The van der Waals surface area contributed by atoms with E-state index >= 15 is 0 Å². The first kappa shape index (κ1) is 34.4. The van der Waals surface area contributed by atoms with Crippen molar-refractivity contribution in [2.75, 3.05) is 64.3 Å². The monoisotopic (exact) mass is 700 g/mol. The zero-order valence-electron chi connectivity index (χ0n) is 26.6. The van der Waals surface area contributed by atoms with Gasteiger partial charge in [-0.05, 0) is 38.4 Å². The summed E-state index contributed by atoms with van der Waals surface area (Å²) in [5.41, 5.74) is -1.15. The van der Waals surface area contributed by atoms with Gasteiger partial charge in [-0.25, -0.2) is 19.6 Å². The van der Waals surface area contributed by atoms with Crippen LogP contribution in [-0.4, -0.2) is 105 Å². The largest absolute Gasteiger partial charge is 0.477 e. The fourth-order valence-electron chi connectivity index (χ4n) is 6.17. The van der Waals surface area contributed by atoms with Gasteiger partial charge in [-0.15, -0.1) is 11.3 Å². The fourth-order valence-corrected chi connectivity index (χ4v) is 7.03. The van der Waals surface area contributed by atoms with Crippen molar-refractivity contribution in [1.29, 1.82) is 0 Å². The number of nitrogens with zero attached hydrogens (tertiary/aromatic N) is 6. The summed E-state index contributed by atoms with van der Waals surface area (Å²) in [4.78, 5) is 55.4. The van der Waals surface area contributed by atoms with E-state index < -0.39 is 34.9 Å². The van der Waals surface area contributed by atoms with Crippen molar-refractivity contribution in [3.05, 3.63) is 57.6 Å². The number of urea groups is 1. The number of rotatable bonds is 9. The average molecular weight is 701 g/mol. The topological polar surface area (TPSA) is 155 Å². The Labute approximate surface area is 282 Å². The van der Waals surface area contributed by atoms with E-state index in [9.17, 15) is 32.7 Å². The lowest BCUT2D eigenvalue weighted by Crippen LogP contribution is -2.44. The lowest BCUT2D eigenvalue weighted by Gasteiger charge is -2.36. The van der Waals surface area contributed by atoms with Crippen LogP contribution in [0.3, 0.4) is 0 Å². The summed E-state index contributed by atoms with van der Waals surface area (Å²) in [6, 6.07) is 2.14. The lowest BCUT2D eigenvalue weighted by atomic mass is 10.0. The van der Waals surface area contributed by atoms with Gasteiger partial charge >= 0.3 is 18.2 Å². The Kier molecular flexibility index (Phi) is 10.2. The predicted molar refractivity (Wildman–Crippen MR) is 177 cm³/mol. The molecule has 0 aliphatic carbocycles. The first-order chi connectivity index (χ1) is 23.5. The van der Waals surface area contributed by atoms with Crippen molar-refractivity contribution >= 4 is 40.1 Å². The van der Waals surface area contributed by atoms with Crippen molar-refractivity contribution in [3.8, 4) is 21.8 Å². The van der Waals surface area contributed by atoms with Crippen molar-refractivity contribution < 1.29 is 32.6 Å². The zero-order chi connectivity index (χ0) is 34.7. The molecule has 4 aromatic rings. The fraction of sp³-hybridized carbons (Fsp3) is 0.438. The molecule has 1 atom stereocenters. The number of halogens is 3. The number of alkyl halides is 3. The second kappa shape index (κ2) is 14.6. The van der Waals surface area contributed by atoms with Crippen LogP contribution in [0.2, 0.25) is 0 Å². The lowest BCUT2D eigenvalue weighted by molar-refractivity contribution is -0.140. The number of carboxylic acid groups (broad SMARTS) is 1. The SMILES string of the molecule is CCNC(=O)Nc1cc(-c2nc(C(F)(F)F)cs2)c(-c2cc3c(=O)c(C(=O)O)cn([C@H]4CCCN(CCN5CCOCC5)C4)c3cn2)cn1. The summed E-state index contributed by atoms with van der Waals surface area (Å²) < 4.78 is 47.8. The second-order valence-electron chi connectivity index (χ2n) is 11.9. The highest BCUT2D eigenvalue weighted by atomic mass is 32.1. The number of nitrogens with one attached hydrogen (secondary N) is 2. The van der Waals surface area contributed by atoms with Crippen molar-refractivity contribution in [2.45, 2.75) is 32.0 Å². The molecule has 2 saturated heterocycles. The average Bonchev–Trinajstić information content (AvgIpc) is 3.60. The molecule has 6 heterocycles. The van der Waals surface area contributed by atoms with E-state index in [1.54, 1.807) is 6.92 Å². The molecule has 49 heavy (non-hydrogen) atoms. The number of likely N-dealkylation sites (tertiary alicyclic amines) is 1. The Bertz CT molecular complexity index is 1910. The van der Waals surface area contributed by atoms with Gasteiger partial charge < -0.3 is 24.6 Å². The number of carbonyl (C=O) groups excluding carboxylic acids is 1. The van der Waals surface area contributed by atoms with Crippen LogP contribution in [-0.2, 0) is 10.9 Å². The van der Waals surface area contributed by atoms with Crippen molar-refractivity contribution in [2.24, 2.45) is 0 Å². The number of morpholine rings is 1. The first-order valence-corrected chi connectivity index (χ1v) is 16.8. The molecule has 0 spiro atoms. The van der Waals surface area contributed by atoms with Gasteiger partial charge in [0.25, 0.3) is 0 Å². The Hall–Kier alpha value is -4.45. The number of aromatic carboxylic acids is 1. The molecular weight excluding hydrogens is 665 g/mol. The zero-order valence-corrected chi connectivity index (χ0v) is 27.4. The molecule has 3 N–H and O–H groups in total. The van der Waals surface area contributed by atoms with Crippen LogP contribution in [0.5, 0.6) is 0 Å². The van der Waals surface area contributed by atoms with E-state index in [4.69, 9.17) is 4.74 Å². The summed E-state index contributed by atoms with van der Waals surface area (Å²) >= 11 is 0.751. The van der Waals surface area contributed by atoms with Gasteiger partial charge in [0.15, 0.2) is 5.69 Å². The number of pyridine rings is 3. The normalized spacial score (nSPS) is 17.7. The third-order valence-electron chi connectivity index (χ3n) is 8.64. The van der Waals surface area contributed by atoms with Crippen LogP contribution < -0.4 is 16.1 Å². The highest BCUT2D eigenvalue weighted by Gasteiger charge is 2.34. The van der Waals surface area contributed by atoms with E-state index in [0.717, 1.165) is 62.3 Å². The number of carbonyl (C=O) groups is 2. The molecular formula is C32H35F3N8O5S. The van der Waals surface area contributed by atoms with Crippen molar-refractivity contribution in [1.82, 2.24) is 34.6 Å². The smallest absolute Gasteiger partial charge is 0.434 e. The Morgan fingerprint density at radius 2 is 1.86 bits per heavy atom. The van der Waals surface area contributed by atoms with Gasteiger partial charge in [-0.1, -0.05) is 0 Å². The quantitative estimate of drug-likeness (QED) is 0.229. The van der Waals surface area contributed by atoms with E-state index in [2.05, 4.69) is 35.4 Å². The molecule has 0 bridgehead atoms. The second-order valence-corrected chi connectivity index (χ2v) is 12.7. The van der Waals surface area contributed by atoms with Crippen LogP contribution in [0.4, 0.5) is 23.8 Å². The first-order valence-electron chi connectivity index (χ1n) is 15.9. The minimum Gasteiger partial charge on any atom is -0.477 e. The number of piperidine rings is 1. The number of hydrogen-bond donors (Lipinski definition) is 3. The summed E-state index contributed by atoms with van der Waals surface area (Å²) in [7, 11) is 0. The Morgan fingerprint density at radius 1 is 1.08 bits per heavy atom. The number of anilines is 1. The highest BCUT2D eigenvalue weighted by molar-refractivity contribution is 7.13. The third-order valence-corrected chi connectivity index (χ3v) is 9.52. The number of carboxylic acids is 1. The number of ether oxygens (including phenoxy) is 1. The molecule has 2 aliphatic rings. The van der Waals surface area contributed by atoms with Crippen molar-refractivity contribution in [3.63, 3.8) is 0 Å². The standard InChI is InChI=1S/C32H35F3N8O5S/c1-2-36-31(47)40-27-13-20(29-39-26(18-49-29)32(33,34)35)22(14-38-27)24-12-21-25(15-37-24)43(17-23(28(21)44)30(45)46)19-4-3-5-42(16-19)7-6-41-8-10-48-11-9-41/h12-15,17-19H,2-11,16H2,1H3,(H,45,46)(H2,36,38,40,47)/t19-/m0/s1. The summed E-state index contributed by atoms with van der Waals surface area (Å²) in [5, 5.41) is 16.1. The van der Waals surface area contributed by atoms with Gasteiger partial charge in [0.05, 0.1) is 36.0 Å². The summed E-state index contributed by atoms with van der Waals surface area (Å²) in [6.45, 7) is 8.55. The highest BCUT2D eigenvalue weighted by Crippen LogP contribution is 2.38. The number of fused-ring (bicyclic) bond motifs is 1. The van der Waals surface area contributed by atoms with E-state index in [0.29, 0.717) is 31.8 Å². The van der Waals surface area contributed by atoms with Crippen LogP contribution in [0.25, 0.3) is 32.7 Å².